The molecule has 0 unspecified atom stereocenters. The first kappa shape index (κ1) is 20.2. The third kappa shape index (κ3) is 4.32. The molecule has 0 amide bonds. The Morgan fingerprint density at radius 1 is 1.07 bits per heavy atom. The minimum absolute atomic E-state index is 0.514. The van der Waals surface area contributed by atoms with Crippen LogP contribution in [-0.4, -0.2) is 41.2 Å². The van der Waals surface area contributed by atoms with E-state index in [2.05, 4.69) is 21.7 Å². The highest BCUT2D eigenvalue weighted by Gasteiger charge is 2.20. The van der Waals surface area contributed by atoms with Crippen LogP contribution >= 0.6 is 45.9 Å². The van der Waals surface area contributed by atoms with Gasteiger partial charge >= 0.3 is 0 Å². The van der Waals surface area contributed by atoms with Crippen LogP contribution in [-0.2, 0) is 11.3 Å². The van der Waals surface area contributed by atoms with Gasteiger partial charge in [-0.15, -0.1) is 22.7 Å². The highest BCUT2D eigenvalue weighted by Crippen LogP contribution is 2.41. The Kier molecular flexibility index (Phi) is 5.91. The smallest absolute Gasteiger partial charge is 0.232 e. The van der Waals surface area contributed by atoms with Gasteiger partial charge in [0.1, 0.15) is 16.4 Å². The minimum Gasteiger partial charge on any atom is -0.438 e. The Labute approximate surface area is 191 Å². The number of hydrogen-bond donors (Lipinski definition) is 0. The van der Waals surface area contributed by atoms with Gasteiger partial charge in [-0.2, -0.15) is 4.98 Å². The second kappa shape index (κ2) is 8.78. The molecule has 5 rings (SSSR count). The van der Waals surface area contributed by atoms with E-state index >= 15 is 0 Å². The maximum absolute atomic E-state index is 6.23. The van der Waals surface area contributed by atoms with E-state index in [0.717, 1.165) is 52.8 Å². The number of fused-ring (bicyclic) bond motifs is 1. The molecular weight excluding hydrogens is 461 g/mol. The topological polar surface area (TPSA) is 47.5 Å². The fraction of sp³-hybridized carbons (Fsp3) is 0.238. The van der Waals surface area contributed by atoms with Crippen molar-refractivity contribution >= 4 is 56.1 Å². The molecule has 3 aromatic heterocycles. The number of hydrogen-bond acceptors (Lipinski definition) is 7. The lowest BCUT2D eigenvalue weighted by Gasteiger charge is -2.25. The molecule has 1 aliphatic rings. The predicted octanol–water partition coefficient (Wildman–Crippen LogP) is 6.35. The van der Waals surface area contributed by atoms with E-state index in [1.165, 1.54) is 0 Å². The first-order chi connectivity index (χ1) is 14.7. The van der Waals surface area contributed by atoms with Crippen molar-refractivity contribution in [1.29, 1.82) is 0 Å². The molecule has 0 aliphatic carbocycles. The molecule has 0 bridgehead atoms. The fourth-order valence-electron chi connectivity index (χ4n) is 3.37. The van der Waals surface area contributed by atoms with E-state index < -0.39 is 0 Å². The predicted molar refractivity (Wildman–Crippen MR) is 123 cm³/mol. The Balaban J connectivity index is 1.59. The van der Waals surface area contributed by atoms with Gasteiger partial charge in [-0.1, -0.05) is 29.3 Å². The molecule has 9 heteroatoms. The van der Waals surface area contributed by atoms with Gasteiger partial charge in [-0.3, -0.25) is 4.90 Å². The van der Waals surface area contributed by atoms with Crippen LogP contribution < -0.4 is 4.74 Å². The molecule has 0 radical (unpaired) electrons. The van der Waals surface area contributed by atoms with E-state index in [4.69, 9.17) is 42.6 Å². The average Bonchev–Trinajstić information content (AvgIpc) is 3.37. The van der Waals surface area contributed by atoms with Gasteiger partial charge in [0.2, 0.25) is 5.88 Å². The lowest BCUT2D eigenvalue weighted by atomic mass is 10.2. The monoisotopic (exact) mass is 477 g/mol. The van der Waals surface area contributed by atoms with Gasteiger partial charge in [0.05, 0.1) is 25.1 Å². The summed E-state index contributed by atoms with van der Waals surface area (Å²) in [5.41, 5.74) is 1.08. The minimum atomic E-state index is 0.514. The summed E-state index contributed by atoms with van der Waals surface area (Å²) in [4.78, 5) is 14.0. The Morgan fingerprint density at radius 3 is 2.60 bits per heavy atom. The molecule has 0 spiro atoms. The van der Waals surface area contributed by atoms with Crippen molar-refractivity contribution < 1.29 is 9.47 Å². The molecule has 1 aliphatic heterocycles. The van der Waals surface area contributed by atoms with Crippen LogP contribution in [0.2, 0.25) is 10.0 Å². The molecule has 1 saturated heterocycles. The van der Waals surface area contributed by atoms with Crippen molar-refractivity contribution in [2.24, 2.45) is 0 Å². The standard InChI is InChI=1S/C21H17Cl2N3O2S2/c22-13-8-14(23)10-15(9-13)28-20-19-16(17-2-1-7-29-17)12-30-21(19)25-18(24-20)11-26-3-5-27-6-4-26/h1-2,7-10,12H,3-6,11H2. The van der Waals surface area contributed by atoms with Crippen molar-refractivity contribution in [1.82, 2.24) is 14.9 Å². The zero-order valence-corrected chi connectivity index (χ0v) is 19.0. The van der Waals surface area contributed by atoms with Gasteiger partial charge in [0.15, 0.2) is 0 Å². The average molecular weight is 478 g/mol. The van der Waals surface area contributed by atoms with Crippen LogP contribution in [0.15, 0.2) is 41.1 Å². The maximum Gasteiger partial charge on any atom is 0.232 e. The van der Waals surface area contributed by atoms with Crippen LogP contribution in [0, 0.1) is 0 Å². The van der Waals surface area contributed by atoms with Gasteiger partial charge in [0, 0.05) is 39.0 Å². The Hall–Kier alpha value is -1.74. The molecule has 0 N–H and O–H groups in total. The molecule has 1 fully saturated rings. The van der Waals surface area contributed by atoms with Gasteiger partial charge in [-0.25, -0.2) is 4.98 Å². The number of thiophene rings is 2. The molecule has 30 heavy (non-hydrogen) atoms. The Morgan fingerprint density at radius 2 is 1.87 bits per heavy atom. The van der Waals surface area contributed by atoms with Crippen molar-refractivity contribution in [2.45, 2.75) is 6.54 Å². The molecule has 0 atom stereocenters. The molecule has 4 aromatic rings. The summed E-state index contributed by atoms with van der Waals surface area (Å²) in [5, 5.41) is 6.11. The second-order valence-electron chi connectivity index (χ2n) is 6.85. The lowest BCUT2D eigenvalue weighted by molar-refractivity contribution is 0.0330. The highest BCUT2D eigenvalue weighted by atomic mass is 35.5. The molecule has 5 nitrogen and oxygen atoms in total. The van der Waals surface area contributed by atoms with E-state index in [-0.39, 0.29) is 0 Å². The zero-order valence-electron chi connectivity index (χ0n) is 15.8. The van der Waals surface area contributed by atoms with Gasteiger partial charge < -0.3 is 9.47 Å². The first-order valence-corrected chi connectivity index (χ1v) is 11.9. The number of benzene rings is 1. The number of aromatic nitrogens is 2. The largest absolute Gasteiger partial charge is 0.438 e. The summed E-state index contributed by atoms with van der Waals surface area (Å²) in [6, 6.07) is 9.28. The van der Waals surface area contributed by atoms with Crippen molar-refractivity contribution in [3.05, 3.63) is 57.0 Å². The number of ether oxygens (including phenoxy) is 2. The summed E-state index contributed by atoms with van der Waals surface area (Å²) in [5.74, 6) is 1.80. The molecular formula is C21H17Cl2N3O2S2. The number of halogens is 2. The summed E-state index contributed by atoms with van der Waals surface area (Å²) in [6.07, 6.45) is 0. The number of nitrogens with zero attached hydrogens (tertiary/aromatic N) is 3. The molecule has 4 heterocycles. The fourth-order valence-corrected chi connectivity index (χ4v) is 5.65. The van der Waals surface area contributed by atoms with Crippen LogP contribution in [0.5, 0.6) is 11.6 Å². The highest BCUT2D eigenvalue weighted by molar-refractivity contribution is 7.18. The molecule has 0 saturated carbocycles. The van der Waals surface area contributed by atoms with E-state index in [1.54, 1.807) is 40.9 Å². The van der Waals surface area contributed by atoms with Gasteiger partial charge in [0.25, 0.3) is 0 Å². The third-order valence-electron chi connectivity index (χ3n) is 4.75. The molecule has 154 valence electrons. The van der Waals surface area contributed by atoms with E-state index in [1.807, 2.05) is 6.07 Å². The molecule has 1 aromatic carbocycles. The quantitative estimate of drug-likeness (QED) is 0.335. The normalized spacial score (nSPS) is 15.0. The summed E-state index contributed by atoms with van der Waals surface area (Å²) in [7, 11) is 0. The second-order valence-corrected chi connectivity index (χ2v) is 9.53. The summed E-state index contributed by atoms with van der Waals surface area (Å²) >= 11 is 15.6. The van der Waals surface area contributed by atoms with E-state index in [0.29, 0.717) is 28.2 Å². The van der Waals surface area contributed by atoms with Crippen LogP contribution in [0.4, 0.5) is 0 Å². The van der Waals surface area contributed by atoms with E-state index in [9.17, 15) is 0 Å². The van der Waals surface area contributed by atoms with Crippen molar-refractivity contribution in [3.8, 4) is 22.1 Å². The maximum atomic E-state index is 6.23. The third-order valence-corrected chi connectivity index (χ3v) is 6.96. The number of rotatable bonds is 5. The van der Waals surface area contributed by atoms with Crippen LogP contribution in [0.3, 0.4) is 0 Å². The number of morpholine rings is 1. The SMILES string of the molecule is Clc1cc(Cl)cc(Oc2nc(CN3CCOCC3)nc3scc(-c4cccs4)c23)c1. The van der Waals surface area contributed by atoms with Crippen LogP contribution in [0.1, 0.15) is 5.82 Å². The van der Waals surface area contributed by atoms with Crippen molar-refractivity contribution in [2.75, 3.05) is 26.3 Å². The Bertz CT molecular complexity index is 1150. The van der Waals surface area contributed by atoms with Crippen molar-refractivity contribution in [3.63, 3.8) is 0 Å². The first-order valence-electron chi connectivity index (χ1n) is 9.42. The summed E-state index contributed by atoms with van der Waals surface area (Å²) < 4.78 is 11.7. The lowest BCUT2D eigenvalue weighted by Crippen LogP contribution is -2.36. The van der Waals surface area contributed by atoms with Gasteiger partial charge in [-0.05, 0) is 29.6 Å². The van der Waals surface area contributed by atoms with Crippen LogP contribution in [0.25, 0.3) is 20.7 Å². The summed E-state index contributed by atoms with van der Waals surface area (Å²) in [6.45, 7) is 3.85. The zero-order chi connectivity index (χ0) is 20.5.